The number of carbonyl (C=O) groups excluding carboxylic acids is 1. The maximum Gasteiger partial charge on any atom is 0.234 e. The average Bonchev–Trinajstić information content (AvgIpc) is 2.10. The summed E-state index contributed by atoms with van der Waals surface area (Å²) in [6.07, 6.45) is 0. The SMILES string of the molecule is CC(C)C(C)NC(=O)CN1CC(CN)C1. The fraction of sp³-hybridized carbons (Fsp3) is 0.909. The van der Waals surface area contributed by atoms with Gasteiger partial charge in [0.1, 0.15) is 0 Å². The summed E-state index contributed by atoms with van der Waals surface area (Å²) in [5.74, 6) is 1.22. The summed E-state index contributed by atoms with van der Waals surface area (Å²) in [5.41, 5.74) is 5.52. The maximum absolute atomic E-state index is 11.6. The Hall–Kier alpha value is -0.610. The Bertz CT molecular complexity index is 212. The first-order chi connectivity index (χ1) is 7.02. The molecular weight excluding hydrogens is 190 g/mol. The van der Waals surface area contributed by atoms with Crippen LogP contribution in [-0.4, -0.2) is 43.0 Å². The van der Waals surface area contributed by atoms with Crippen LogP contribution in [0, 0.1) is 11.8 Å². The first kappa shape index (κ1) is 12.5. The number of rotatable bonds is 5. The Morgan fingerprint density at radius 2 is 2.07 bits per heavy atom. The van der Waals surface area contributed by atoms with Crippen molar-refractivity contribution in [1.82, 2.24) is 10.2 Å². The average molecular weight is 213 g/mol. The highest BCUT2D eigenvalue weighted by Gasteiger charge is 2.27. The molecule has 1 rings (SSSR count). The molecule has 0 saturated carbocycles. The molecule has 0 radical (unpaired) electrons. The second kappa shape index (κ2) is 5.47. The van der Waals surface area contributed by atoms with Crippen LogP contribution in [0.3, 0.4) is 0 Å². The zero-order chi connectivity index (χ0) is 11.4. The van der Waals surface area contributed by atoms with Gasteiger partial charge < -0.3 is 11.1 Å². The highest BCUT2D eigenvalue weighted by atomic mass is 16.2. The second-order valence-corrected chi connectivity index (χ2v) is 4.90. The molecule has 3 N–H and O–H groups in total. The number of nitrogens with one attached hydrogen (secondary N) is 1. The highest BCUT2D eigenvalue weighted by Crippen LogP contribution is 2.12. The van der Waals surface area contributed by atoms with Gasteiger partial charge in [0.25, 0.3) is 0 Å². The van der Waals surface area contributed by atoms with Crippen molar-refractivity contribution < 1.29 is 4.79 Å². The van der Waals surface area contributed by atoms with Gasteiger partial charge in [0.15, 0.2) is 0 Å². The van der Waals surface area contributed by atoms with Gasteiger partial charge in [-0.1, -0.05) is 13.8 Å². The minimum absolute atomic E-state index is 0.131. The van der Waals surface area contributed by atoms with Gasteiger partial charge in [-0.3, -0.25) is 9.69 Å². The van der Waals surface area contributed by atoms with Crippen molar-refractivity contribution in [1.29, 1.82) is 0 Å². The van der Waals surface area contributed by atoms with Gasteiger partial charge in [-0.05, 0) is 25.3 Å². The van der Waals surface area contributed by atoms with Crippen LogP contribution in [0.4, 0.5) is 0 Å². The Morgan fingerprint density at radius 3 is 2.53 bits per heavy atom. The molecule has 1 aliphatic rings. The van der Waals surface area contributed by atoms with Crippen molar-refractivity contribution in [3.63, 3.8) is 0 Å². The normalized spacial score (nSPS) is 20.1. The minimum atomic E-state index is 0.131. The standard InChI is InChI=1S/C11H23N3O/c1-8(2)9(3)13-11(15)7-14-5-10(4-12)6-14/h8-10H,4-7,12H2,1-3H3,(H,13,15). The predicted molar refractivity (Wildman–Crippen MR) is 61.4 cm³/mol. The Morgan fingerprint density at radius 1 is 1.47 bits per heavy atom. The maximum atomic E-state index is 11.6. The molecule has 0 aromatic carbocycles. The molecule has 1 heterocycles. The first-order valence-corrected chi connectivity index (χ1v) is 5.74. The second-order valence-electron chi connectivity index (χ2n) is 4.90. The van der Waals surface area contributed by atoms with E-state index in [1.54, 1.807) is 0 Å². The predicted octanol–water partition coefficient (Wildman–Crippen LogP) is 0.0376. The summed E-state index contributed by atoms with van der Waals surface area (Å²) in [5, 5.41) is 3.00. The molecule has 0 aromatic heterocycles. The van der Waals surface area contributed by atoms with E-state index in [1.165, 1.54) is 0 Å². The lowest BCUT2D eigenvalue weighted by Gasteiger charge is -2.38. The number of likely N-dealkylation sites (tertiary alicyclic amines) is 1. The molecule has 1 fully saturated rings. The number of nitrogens with two attached hydrogens (primary N) is 1. The van der Waals surface area contributed by atoms with Gasteiger partial charge in [-0.25, -0.2) is 0 Å². The van der Waals surface area contributed by atoms with E-state index in [-0.39, 0.29) is 11.9 Å². The zero-order valence-electron chi connectivity index (χ0n) is 9.99. The van der Waals surface area contributed by atoms with E-state index in [2.05, 4.69) is 24.1 Å². The van der Waals surface area contributed by atoms with Gasteiger partial charge in [-0.2, -0.15) is 0 Å². The Balaban J connectivity index is 2.15. The Kier molecular flexibility index (Phi) is 4.54. The van der Waals surface area contributed by atoms with Crippen LogP contribution in [0.25, 0.3) is 0 Å². The molecule has 4 heteroatoms. The highest BCUT2D eigenvalue weighted by molar-refractivity contribution is 5.78. The largest absolute Gasteiger partial charge is 0.352 e. The molecule has 1 aliphatic heterocycles. The third kappa shape index (κ3) is 3.80. The molecule has 1 atom stereocenters. The lowest BCUT2D eigenvalue weighted by molar-refractivity contribution is -0.124. The van der Waals surface area contributed by atoms with Crippen LogP contribution in [0.5, 0.6) is 0 Å². The minimum Gasteiger partial charge on any atom is -0.352 e. The van der Waals surface area contributed by atoms with Crippen molar-refractivity contribution in [2.24, 2.45) is 17.6 Å². The molecule has 1 unspecified atom stereocenters. The van der Waals surface area contributed by atoms with Gasteiger partial charge in [0.05, 0.1) is 6.54 Å². The number of carbonyl (C=O) groups is 1. The summed E-state index contributed by atoms with van der Waals surface area (Å²) >= 11 is 0. The number of hydrogen-bond acceptors (Lipinski definition) is 3. The number of hydrogen-bond donors (Lipinski definition) is 2. The molecule has 0 bridgehead atoms. The van der Waals surface area contributed by atoms with E-state index in [9.17, 15) is 4.79 Å². The summed E-state index contributed by atoms with van der Waals surface area (Å²) < 4.78 is 0. The summed E-state index contributed by atoms with van der Waals surface area (Å²) in [4.78, 5) is 13.7. The fourth-order valence-corrected chi connectivity index (χ4v) is 1.62. The molecule has 0 spiro atoms. The van der Waals surface area contributed by atoms with Crippen LogP contribution >= 0.6 is 0 Å². The monoisotopic (exact) mass is 213 g/mol. The van der Waals surface area contributed by atoms with Gasteiger partial charge in [-0.15, -0.1) is 0 Å². The van der Waals surface area contributed by atoms with Crippen molar-refractivity contribution in [2.75, 3.05) is 26.2 Å². The summed E-state index contributed by atoms with van der Waals surface area (Å²) in [6.45, 7) is 9.47. The van der Waals surface area contributed by atoms with Crippen LogP contribution in [0.2, 0.25) is 0 Å². The third-order valence-corrected chi connectivity index (χ3v) is 3.12. The van der Waals surface area contributed by atoms with Crippen molar-refractivity contribution >= 4 is 5.91 Å². The summed E-state index contributed by atoms with van der Waals surface area (Å²) in [6, 6.07) is 0.254. The molecule has 4 nitrogen and oxygen atoms in total. The first-order valence-electron chi connectivity index (χ1n) is 5.74. The fourth-order valence-electron chi connectivity index (χ4n) is 1.62. The molecule has 15 heavy (non-hydrogen) atoms. The van der Waals surface area contributed by atoms with Crippen LogP contribution < -0.4 is 11.1 Å². The quantitative estimate of drug-likeness (QED) is 0.678. The Labute approximate surface area is 92.2 Å². The molecular formula is C11H23N3O. The van der Waals surface area contributed by atoms with Crippen molar-refractivity contribution in [2.45, 2.75) is 26.8 Å². The van der Waals surface area contributed by atoms with Crippen LogP contribution in [-0.2, 0) is 4.79 Å². The van der Waals surface area contributed by atoms with Crippen molar-refractivity contribution in [3.05, 3.63) is 0 Å². The van der Waals surface area contributed by atoms with E-state index in [0.29, 0.717) is 18.4 Å². The lowest BCUT2D eigenvalue weighted by Crippen LogP contribution is -2.54. The summed E-state index contributed by atoms with van der Waals surface area (Å²) in [7, 11) is 0. The van der Waals surface area contributed by atoms with Crippen LogP contribution in [0.1, 0.15) is 20.8 Å². The number of amides is 1. The van der Waals surface area contributed by atoms with Gasteiger partial charge in [0, 0.05) is 19.1 Å². The molecule has 88 valence electrons. The zero-order valence-corrected chi connectivity index (χ0v) is 9.99. The van der Waals surface area contributed by atoms with E-state index in [0.717, 1.165) is 19.6 Å². The molecule has 0 aromatic rings. The molecule has 1 amide bonds. The molecule has 0 aliphatic carbocycles. The van der Waals surface area contributed by atoms with E-state index >= 15 is 0 Å². The lowest BCUT2D eigenvalue weighted by atomic mass is 10.0. The van der Waals surface area contributed by atoms with Crippen LogP contribution in [0.15, 0.2) is 0 Å². The van der Waals surface area contributed by atoms with E-state index in [4.69, 9.17) is 5.73 Å². The van der Waals surface area contributed by atoms with E-state index in [1.807, 2.05) is 6.92 Å². The van der Waals surface area contributed by atoms with Gasteiger partial charge >= 0.3 is 0 Å². The third-order valence-electron chi connectivity index (χ3n) is 3.12. The van der Waals surface area contributed by atoms with E-state index < -0.39 is 0 Å². The van der Waals surface area contributed by atoms with Crippen molar-refractivity contribution in [3.8, 4) is 0 Å². The smallest absolute Gasteiger partial charge is 0.234 e. The number of nitrogens with zero attached hydrogens (tertiary/aromatic N) is 1. The molecule has 1 saturated heterocycles. The topological polar surface area (TPSA) is 58.4 Å². The van der Waals surface area contributed by atoms with Gasteiger partial charge in [0.2, 0.25) is 5.91 Å².